The number of hydrogen-bond acceptors (Lipinski definition) is 7. The zero-order valence-corrected chi connectivity index (χ0v) is 19.4. The lowest BCUT2D eigenvalue weighted by Crippen LogP contribution is -2.15. The highest BCUT2D eigenvalue weighted by Crippen LogP contribution is 2.30. The molecule has 0 atom stereocenters. The molecule has 3 aromatic carbocycles. The molecule has 8 nitrogen and oxygen atoms in total. The van der Waals surface area contributed by atoms with Crippen LogP contribution in [0.25, 0.3) is 16.9 Å². The predicted octanol–water partition coefficient (Wildman–Crippen LogP) is 4.70. The van der Waals surface area contributed by atoms with Crippen LogP contribution in [0.3, 0.4) is 0 Å². The number of rotatable bonds is 7. The van der Waals surface area contributed by atoms with E-state index >= 15 is 0 Å². The van der Waals surface area contributed by atoms with Crippen LogP contribution in [0, 0.1) is 17.1 Å². The first-order chi connectivity index (χ1) is 17.5. The van der Waals surface area contributed by atoms with Gasteiger partial charge in [-0.25, -0.2) is 18.7 Å². The number of aromatic nitrogens is 2. The number of nitriles is 1. The smallest absolute Gasteiger partial charge is 0.357 e. The molecule has 0 amide bonds. The summed E-state index contributed by atoms with van der Waals surface area (Å²) in [5.74, 6) is -1.58. The molecular weight excluding hydrogens is 465 g/mol. The Bertz CT molecular complexity index is 1460. The van der Waals surface area contributed by atoms with Crippen LogP contribution in [0.5, 0.6) is 5.75 Å². The summed E-state index contributed by atoms with van der Waals surface area (Å²) in [4.78, 5) is 25.4. The van der Waals surface area contributed by atoms with Gasteiger partial charge in [0, 0.05) is 11.1 Å². The van der Waals surface area contributed by atoms with Crippen LogP contribution in [0.2, 0.25) is 0 Å². The lowest BCUT2D eigenvalue weighted by molar-refractivity contribution is 0.0549. The van der Waals surface area contributed by atoms with E-state index < -0.39 is 17.8 Å². The number of hydrogen-bond donors (Lipinski definition) is 0. The van der Waals surface area contributed by atoms with Gasteiger partial charge in [-0.05, 0) is 48.5 Å². The molecule has 4 aromatic rings. The van der Waals surface area contributed by atoms with E-state index in [0.29, 0.717) is 22.6 Å². The van der Waals surface area contributed by atoms with Gasteiger partial charge < -0.3 is 14.2 Å². The highest BCUT2D eigenvalue weighted by atomic mass is 19.1. The summed E-state index contributed by atoms with van der Waals surface area (Å²) in [7, 11) is 2.43. The lowest BCUT2D eigenvalue weighted by Gasteiger charge is -2.08. The Morgan fingerprint density at radius 3 is 2.28 bits per heavy atom. The van der Waals surface area contributed by atoms with Crippen LogP contribution in [-0.4, -0.2) is 35.9 Å². The van der Waals surface area contributed by atoms with Crippen molar-refractivity contribution in [2.75, 3.05) is 14.2 Å². The van der Waals surface area contributed by atoms with E-state index in [4.69, 9.17) is 19.5 Å². The summed E-state index contributed by atoms with van der Waals surface area (Å²) >= 11 is 0. The van der Waals surface area contributed by atoms with Crippen molar-refractivity contribution < 1.29 is 28.2 Å². The fourth-order valence-electron chi connectivity index (χ4n) is 3.56. The van der Waals surface area contributed by atoms with Gasteiger partial charge in [-0.3, -0.25) is 0 Å². The van der Waals surface area contributed by atoms with Gasteiger partial charge in [0.2, 0.25) is 0 Å². The third kappa shape index (κ3) is 4.79. The van der Waals surface area contributed by atoms with Crippen molar-refractivity contribution in [1.29, 1.82) is 5.26 Å². The lowest BCUT2D eigenvalue weighted by atomic mass is 10.1. The third-order valence-corrected chi connectivity index (χ3v) is 5.36. The molecule has 0 bridgehead atoms. The van der Waals surface area contributed by atoms with Gasteiger partial charge >= 0.3 is 11.9 Å². The van der Waals surface area contributed by atoms with E-state index in [9.17, 15) is 14.0 Å². The maximum atomic E-state index is 14.1. The van der Waals surface area contributed by atoms with Gasteiger partial charge in [0.05, 0.1) is 31.5 Å². The Morgan fingerprint density at radius 1 is 0.972 bits per heavy atom. The van der Waals surface area contributed by atoms with E-state index in [1.807, 2.05) is 12.1 Å². The number of methoxy groups -OCH3 is 2. The number of ether oxygens (including phenoxy) is 3. The quantitative estimate of drug-likeness (QED) is 0.350. The Labute approximate surface area is 206 Å². The second-order valence-corrected chi connectivity index (χ2v) is 7.53. The standard InChI is InChI=1S/C27H20FN3O5/c1-34-26(32)23-24(30-31(25(23)27(33)35-2)20-6-4-3-5-7-20)18-10-12-21(13-11-18)36-16-19-9-8-17(15-29)14-22(19)28/h3-14H,16H2,1-2H3. The highest BCUT2D eigenvalue weighted by molar-refractivity contribution is 6.06. The normalized spacial score (nSPS) is 10.4. The average molecular weight is 485 g/mol. The Balaban J connectivity index is 1.69. The van der Waals surface area contributed by atoms with Crippen molar-refractivity contribution in [3.05, 3.63) is 101 Å². The van der Waals surface area contributed by atoms with Crippen molar-refractivity contribution in [2.24, 2.45) is 0 Å². The molecule has 0 spiro atoms. The molecule has 0 aliphatic heterocycles. The van der Waals surface area contributed by atoms with Crippen LogP contribution in [-0.2, 0) is 16.1 Å². The van der Waals surface area contributed by atoms with E-state index in [-0.39, 0.29) is 29.1 Å². The summed E-state index contributed by atoms with van der Waals surface area (Å²) in [5.41, 5.74) is 1.71. The van der Waals surface area contributed by atoms with Crippen molar-refractivity contribution >= 4 is 11.9 Å². The van der Waals surface area contributed by atoms with Gasteiger partial charge in [0.1, 0.15) is 29.4 Å². The first-order valence-electron chi connectivity index (χ1n) is 10.7. The summed E-state index contributed by atoms with van der Waals surface area (Å²) in [5, 5.41) is 13.4. The van der Waals surface area contributed by atoms with Gasteiger partial charge in [0.25, 0.3) is 0 Å². The minimum atomic E-state index is -0.748. The molecule has 0 fully saturated rings. The molecule has 1 aromatic heterocycles. The van der Waals surface area contributed by atoms with E-state index in [1.165, 1.54) is 31.0 Å². The molecule has 0 aliphatic rings. The average Bonchev–Trinajstić information content (AvgIpc) is 3.33. The Morgan fingerprint density at radius 2 is 1.67 bits per heavy atom. The minimum Gasteiger partial charge on any atom is -0.489 e. The summed E-state index contributed by atoms with van der Waals surface area (Å²) < 4.78 is 31.0. The van der Waals surface area contributed by atoms with Crippen LogP contribution >= 0.6 is 0 Å². The number of carbonyl (C=O) groups is 2. The zero-order valence-electron chi connectivity index (χ0n) is 19.4. The molecule has 0 radical (unpaired) electrons. The number of benzene rings is 3. The zero-order chi connectivity index (χ0) is 25.7. The molecule has 4 rings (SSSR count). The summed E-state index contributed by atoms with van der Waals surface area (Å²) in [6.45, 7) is -0.0422. The Kier molecular flexibility index (Phi) is 7.07. The van der Waals surface area contributed by atoms with Crippen LogP contribution < -0.4 is 4.74 Å². The maximum Gasteiger partial charge on any atom is 0.357 e. The van der Waals surface area contributed by atoms with Gasteiger partial charge in [-0.2, -0.15) is 10.4 Å². The molecular formula is C27H20FN3O5. The summed E-state index contributed by atoms with van der Waals surface area (Å²) in [6.07, 6.45) is 0. The minimum absolute atomic E-state index is 0.0403. The van der Waals surface area contributed by atoms with E-state index in [0.717, 1.165) is 6.07 Å². The van der Waals surface area contributed by atoms with Crippen LogP contribution in [0.1, 0.15) is 32.0 Å². The Hall–Kier alpha value is -4.97. The number of halogens is 1. The first-order valence-corrected chi connectivity index (χ1v) is 10.7. The van der Waals surface area contributed by atoms with Gasteiger partial charge in [-0.15, -0.1) is 0 Å². The molecule has 36 heavy (non-hydrogen) atoms. The molecule has 0 N–H and O–H groups in total. The molecule has 9 heteroatoms. The topological polar surface area (TPSA) is 103 Å². The van der Waals surface area contributed by atoms with Crippen LogP contribution in [0.4, 0.5) is 4.39 Å². The number of para-hydroxylation sites is 1. The van der Waals surface area contributed by atoms with Gasteiger partial charge in [0.15, 0.2) is 5.69 Å². The van der Waals surface area contributed by atoms with Crippen molar-refractivity contribution in [1.82, 2.24) is 9.78 Å². The van der Waals surface area contributed by atoms with Gasteiger partial charge in [-0.1, -0.05) is 24.3 Å². The predicted molar refractivity (Wildman–Crippen MR) is 127 cm³/mol. The fourth-order valence-corrected chi connectivity index (χ4v) is 3.56. The monoisotopic (exact) mass is 485 g/mol. The van der Waals surface area contributed by atoms with Crippen molar-refractivity contribution in [3.8, 4) is 28.8 Å². The van der Waals surface area contributed by atoms with E-state index in [1.54, 1.807) is 48.5 Å². The van der Waals surface area contributed by atoms with Crippen molar-refractivity contribution in [3.63, 3.8) is 0 Å². The molecule has 0 aliphatic carbocycles. The third-order valence-electron chi connectivity index (χ3n) is 5.36. The first kappa shape index (κ1) is 24.2. The number of carbonyl (C=O) groups excluding carboxylic acids is 2. The molecule has 0 saturated heterocycles. The van der Waals surface area contributed by atoms with Crippen molar-refractivity contribution in [2.45, 2.75) is 6.61 Å². The SMILES string of the molecule is COC(=O)c1c(-c2ccc(OCc3ccc(C#N)cc3F)cc2)nn(-c2ccccc2)c1C(=O)OC. The maximum absolute atomic E-state index is 14.1. The largest absolute Gasteiger partial charge is 0.489 e. The molecule has 180 valence electrons. The number of nitrogens with zero attached hydrogens (tertiary/aromatic N) is 3. The summed E-state index contributed by atoms with van der Waals surface area (Å²) in [6, 6.07) is 21.5. The second-order valence-electron chi connectivity index (χ2n) is 7.53. The fraction of sp³-hybridized carbons (Fsp3) is 0.111. The number of esters is 2. The second kappa shape index (κ2) is 10.5. The van der Waals surface area contributed by atoms with Crippen LogP contribution in [0.15, 0.2) is 72.8 Å². The highest BCUT2D eigenvalue weighted by Gasteiger charge is 2.31. The van der Waals surface area contributed by atoms with E-state index in [2.05, 4.69) is 5.10 Å². The molecule has 0 saturated carbocycles. The molecule has 0 unspecified atom stereocenters. The molecule has 1 heterocycles.